The van der Waals surface area contributed by atoms with Crippen LogP contribution in [0, 0.1) is 17.7 Å². The summed E-state index contributed by atoms with van der Waals surface area (Å²) in [5, 5.41) is 6.07. The standard InChI is InChI=1S/C51H57F2N9O8/c1-8-69-33-12-9-11-29(18-33)49-62-37-15-14-28(35-23-54-45(56-35)38-13-10-16-60(38)47(63)43(26(2)3)58-50(65)67-6)17-31(37)20-39(62)42-34(53)19-30(21-41(42)70-49)36-24-55-46(57-36)40-22-32(52)25-61(40)48(64)44(27(4)5)59-51(66)68-7/h9,11-12,14-15,17-21,23-24,26-27,32,38,40,43-44,49H,8,10,13,16,22,25H2,1-7H3,(H,54,56)(H,55,57)(H,58,65)(H,59,66)/t32-,38+,40+,43+,44+,49?/m1/s1. The summed E-state index contributed by atoms with van der Waals surface area (Å²) in [4.78, 5) is 71.0. The van der Waals surface area contributed by atoms with Gasteiger partial charge < -0.3 is 53.9 Å². The number of rotatable bonds is 13. The summed E-state index contributed by atoms with van der Waals surface area (Å²) < 4.78 is 56.3. The highest BCUT2D eigenvalue weighted by Gasteiger charge is 2.42. The molecule has 368 valence electrons. The second kappa shape index (κ2) is 19.5. The van der Waals surface area contributed by atoms with Gasteiger partial charge in [0.1, 0.15) is 47.2 Å². The van der Waals surface area contributed by atoms with E-state index in [0.717, 1.165) is 34.1 Å². The van der Waals surface area contributed by atoms with Crippen LogP contribution in [0.25, 0.3) is 44.7 Å². The molecular weight excluding hydrogens is 905 g/mol. The number of carbonyl (C=O) groups is 4. The molecule has 4 amide bonds. The number of fused-ring (bicyclic) bond motifs is 5. The maximum atomic E-state index is 16.9. The predicted octanol–water partition coefficient (Wildman–Crippen LogP) is 8.60. The van der Waals surface area contributed by atoms with Crippen LogP contribution in [0.15, 0.2) is 73.1 Å². The fraction of sp³-hybridized carbons (Fsp3) is 0.412. The van der Waals surface area contributed by atoms with E-state index in [1.807, 2.05) is 73.9 Å². The van der Waals surface area contributed by atoms with Crippen molar-refractivity contribution >= 4 is 34.9 Å². The zero-order chi connectivity index (χ0) is 49.5. The fourth-order valence-corrected chi connectivity index (χ4v) is 9.91. The number of ether oxygens (including phenoxy) is 4. The van der Waals surface area contributed by atoms with Gasteiger partial charge in [0.25, 0.3) is 0 Å². The maximum Gasteiger partial charge on any atom is 0.407 e. The second-order valence-electron chi connectivity index (χ2n) is 18.6. The number of H-pyrrole nitrogens is 2. The summed E-state index contributed by atoms with van der Waals surface area (Å²) >= 11 is 0. The normalized spacial score (nSPS) is 19.4. The number of nitrogens with zero attached hydrogens (tertiary/aromatic N) is 5. The number of hydrogen-bond acceptors (Lipinski definition) is 10. The molecule has 19 heteroatoms. The Morgan fingerprint density at radius 1 is 0.829 bits per heavy atom. The first-order valence-corrected chi connectivity index (χ1v) is 23.6. The first kappa shape index (κ1) is 47.6. The van der Waals surface area contributed by atoms with Crippen molar-refractivity contribution in [2.75, 3.05) is 33.9 Å². The molecule has 0 spiro atoms. The third kappa shape index (κ3) is 8.99. The third-order valence-electron chi connectivity index (χ3n) is 13.4. The minimum absolute atomic E-state index is 0.0176. The molecule has 4 N–H and O–H groups in total. The van der Waals surface area contributed by atoms with Crippen LogP contribution in [-0.4, -0.2) is 110 Å². The summed E-state index contributed by atoms with van der Waals surface area (Å²) in [6, 6.07) is 15.8. The van der Waals surface area contributed by atoms with Crippen LogP contribution < -0.4 is 20.1 Å². The Morgan fingerprint density at radius 2 is 1.49 bits per heavy atom. The highest BCUT2D eigenvalue weighted by Crippen LogP contribution is 2.48. The molecule has 1 unspecified atom stereocenters. The zero-order valence-electron chi connectivity index (χ0n) is 40.0. The van der Waals surface area contributed by atoms with E-state index in [1.54, 1.807) is 31.0 Å². The lowest BCUT2D eigenvalue weighted by molar-refractivity contribution is -0.136. The van der Waals surface area contributed by atoms with Gasteiger partial charge in [-0.2, -0.15) is 0 Å². The number of imidazole rings is 2. The van der Waals surface area contributed by atoms with E-state index in [4.69, 9.17) is 23.9 Å². The number of likely N-dealkylation sites (tertiary alicyclic amines) is 2. The van der Waals surface area contributed by atoms with Crippen molar-refractivity contribution in [1.29, 1.82) is 0 Å². The van der Waals surface area contributed by atoms with Gasteiger partial charge in [-0.3, -0.25) is 9.59 Å². The first-order chi connectivity index (χ1) is 33.7. The highest BCUT2D eigenvalue weighted by atomic mass is 19.1. The molecule has 2 fully saturated rings. The largest absolute Gasteiger partial charge is 0.494 e. The second-order valence-corrected chi connectivity index (χ2v) is 18.6. The number of hydrogen-bond donors (Lipinski definition) is 4. The van der Waals surface area contributed by atoms with E-state index in [-0.39, 0.29) is 48.1 Å². The number of aromatic amines is 2. The Bertz CT molecular complexity index is 2950. The van der Waals surface area contributed by atoms with Crippen molar-refractivity contribution in [3.63, 3.8) is 0 Å². The number of alkyl carbamates (subject to hydrolysis) is 2. The van der Waals surface area contributed by atoms with E-state index in [1.165, 1.54) is 31.4 Å². The van der Waals surface area contributed by atoms with Gasteiger partial charge in [0.15, 0.2) is 0 Å². The molecular formula is C51H57F2N9O8. The number of methoxy groups -OCH3 is 2. The number of nitrogens with one attached hydrogen (secondary N) is 4. The van der Waals surface area contributed by atoms with Gasteiger partial charge >= 0.3 is 12.2 Å². The molecule has 0 radical (unpaired) electrons. The molecule has 17 nitrogen and oxygen atoms in total. The molecule has 0 saturated carbocycles. The molecule has 6 aromatic rings. The number of benzene rings is 3. The molecule has 0 aliphatic carbocycles. The maximum absolute atomic E-state index is 16.9. The van der Waals surface area contributed by atoms with Crippen molar-refractivity contribution in [1.82, 2.24) is 44.9 Å². The minimum atomic E-state index is -1.33. The van der Waals surface area contributed by atoms with Crippen molar-refractivity contribution in [3.8, 4) is 45.3 Å². The van der Waals surface area contributed by atoms with E-state index >= 15 is 8.78 Å². The van der Waals surface area contributed by atoms with Crippen molar-refractivity contribution in [3.05, 3.63) is 96.1 Å². The van der Waals surface area contributed by atoms with Crippen LogP contribution in [0.2, 0.25) is 0 Å². The first-order valence-electron chi connectivity index (χ1n) is 23.6. The van der Waals surface area contributed by atoms with Gasteiger partial charge in [0.2, 0.25) is 18.0 Å². The quantitative estimate of drug-likeness (QED) is 0.0870. The van der Waals surface area contributed by atoms with Crippen LogP contribution >= 0.6 is 0 Å². The Kier molecular flexibility index (Phi) is 13.3. The predicted molar refractivity (Wildman–Crippen MR) is 255 cm³/mol. The zero-order valence-corrected chi connectivity index (χ0v) is 40.0. The average Bonchev–Trinajstić information content (AvgIpc) is 4.21. The highest BCUT2D eigenvalue weighted by molar-refractivity contribution is 5.93. The summed E-state index contributed by atoms with van der Waals surface area (Å²) in [7, 11) is 2.47. The van der Waals surface area contributed by atoms with Gasteiger partial charge in [-0.25, -0.2) is 28.3 Å². The van der Waals surface area contributed by atoms with Crippen LogP contribution in [0.3, 0.4) is 0 Å². The molecule has 3 aliphatic heterocycles. The third-order valence-corrected chi connectivity index (χ3v) is 13.4. The van der Waals surface area contributed by atoms with Gasteiger partial charge in [-0.1, -0.05) is 45.9 Å². The smallest absolute Gasteiger partial charge is 0.407 e. The molecule has 70 heavy (non-hydrogen) atoms. The van der Waals surface area contributed by atoms with E-state index in [0.29, 0.717) is 53.9 Å². The Balaban J connectivity index is 1.05. The molecule has 9 rings (SSSR count). The van der Waals surface area contributed by atoms with E-state index < -0.39 is 54.4 Å². The van der Waals surface area contributed by atoms with Crippen LogP contribution in [-0.2, 0) is 19.1 Å². The fourth-order valence-electron chi connectivity index (χ4n) is 9.91. The van der Waals surface area contributed by atoms with Crippen LogP contribution in [0.1, 0.15) is 89.4 Å². The number of halogens is 2. The van der Waals surface area contributed by atoms with Crippen molar-refractivity contribution < 1.29 is 46.9 Å². The van der Waals surface area contributed by atoms with Gasteiger partial charge in [0, 0.05) is 35.0 Å². The number of amides is 4. The van der Waals surface area contributed by atoms with Crippen LogP contribution in [0.5, 0.6) is 11.5 Å². The average molecular weight is 962 g/mol. The van der Waals surface area contributed by atoms with Crippen molar-refractivity contribution in [2.45, 2.75) is 90.4 Å². The molecule has 3 aliphatic rings. The Hall–Kier alpha value is -7.44. The van der Waals surface area contributed by atoms with Gasteiger partial charge in [-0.05, 0) is 74.1 Å². The number of aromatic nitrogens is 5. The molecule has 3 aromatic heterocycles. The molecule has 0 bridgehead atoms. The summed E-state index contributed by atoms with van der Waals surface area (Å²) in [6.07, 6.45) is 1.20. The van der Waals surface area contributed by atoms with E-state index in [9.17, 15) is 19.2 Å². The Labute approximate surface area is 403 Å². The van der Waals surface area contributed by atoms with Crippen LogP contribution in [0.4, 0.5) is 18.4 Å². The van der Waals surface area contributed by atoms with Crippen molar-refractivity contribution in [2.24, 2.45) is 11.8 Å². The van der Waals surface area contributed by atoms with Gasteiger partial charge in [-0.15, -0.1) is 0 Å². The molecule has 3 aromatic carbocycles. The Morgan fingerprint density at radius 3 is 2.14 bits per heavy atom. The summed E-state index contributed by atoms with van der Waals surface area (Å²) in [5.74, 6) is 0.155. The molecule has 6 atom stereocenters. The lowest BCUT2D eigenvalue weighted by atomic mass is 10.0. The summed E-state index contributed by atoms with van der Waals surface area (Å²) in [5.41, 5.74) is 4.76. The molecule has 2 saturated heterocycles. The minimum Gasteiger partial charge on any atom is -0.494 e. The number of carbonyl (C=O) groups excluding carboxylic acids is 4. The van der Waals surface area contributed by atoms with Gasteiger partial charge in [0.05, 0.1) is 80.0 Å². The SMILES string of the molecule is CCOc1cccc(C2Oc3cc(-c4cnc([C@@H]5C[C@@H](F)CN5C(=O)[C@@H](NC(=O)OC)C(C)C)[nH]4)cc(F)c3-c3cc4cc(-c5cnc([C@@H]6CCCN6C(=O)[C@@H](NC(=O)OC)C(C)C)[nH]5)ccc4n32)c1. The topological polar surface area (TPSA) is 198 Å². The lowest BCUT2D eigenvalue weighted by Gasteiger charge is -2.31. The lowest BCUT2D eigenvalue weighted by Crippen LogP contribution is -2.51. The number of alkyl halides is 1. The van der Waals surface area contributed by atoms with E-state index in [2.05, 4.69) is 25.6 Å². The summed E-state index contributed by atoms with van der Waals surface area (Å²) in [6.45, 7) is 9.99. The molecule has 6 heterocycles. The monoisotopic (exact) mass is 961 g/mol.